The second kappa shape index (κ2) is 12.6. The first kappa shape index (κ1) is 32.9. The van der Waals surface area contributed by atoms with E-state index in [4.69, 9.17) is 9.47 Å². The SMILES string of the molecule is Cc1ccc(C)c(N(c2cc3c4c(c2)Oc2cc(-c5ccccc5)ccc2B4c2ccc(-c4ccccc4)cc2O3)c2cc(C(C)(C)C)ccc2C)c1. The predicted octanol–water partition coefficient (Wildman–Crippen LogP) is 11.4. The van der Waals surface area contributed by atoms with Crippen molar-refractivity contribution < 1.29 is 9.47 Å². The highest BCUT2D eigenvalue weighted by Gasteiger charge is 2.41. The Morgan fingerprint density at radius 1 is 0.472 bits per heavy atom. The minimum Gasteiger partial charge on any atom is -0.458 e. The summed E-state index contributed by atoms with van der Waals surface area (Å²) in [6.45, 7) is 13.3. The monoisotopic (exact) mass is 687 g/mol. The van der Waals surface area contributed by atoms with Crippen LogP contribution in [0.25, 0.3) is 22.3 Å². The second-order valence-corrected chi connectivity index (χ2v) is 15.6. The van der Waals surface area contributed by atoms with Crippen LogP contribution in [0.1, 0.15) is 43.0 Å². The maximum atomic E-state index is 7.01. The zero-order valence-corrected chi connectivity index (χ0v) is 31.2. The van der Waals surface area contributed by atoms with Gasteiger partial charge in [-0.3, -0.25) is 0 Å². The van der Waals surface area contributed by atoms with E-state index >= 15 is 0 Å². The summed E-state index contributed by atoms with van der Waals surface area (Å²) in [5.74, 6) is 3.38. The number of anilines is 3. The molecule has 9 rings (SSSR count). The minimum absolute atomic E-state index is 0.0165. The first-order valence-electron chi connectivity index (χ1n) is 18.5. The van der Waals surface area contributed by atoms with E-state index in [2.05, 4.69) is 192 Å². The van der Waals surface area contributed by atoms with Crippen LogP contribution >= 0.6 is 0 Å². The molecule has 0 unspecified atom stereocenters. The van der Waals surface area contributed by atoms with Gasteiger partial charge in [0, 0.05) is 29.0 Å². The van der Waals surface area contributed by atoms with Gasteiger partial charge in [0.2, 0.25) is 0 Å². The van der Waals surface area contributed by atoms with Gasteiger partial charge in [0.15, 0.2) is 0 Å². The van der Waals surface area contributed by atoms with Crippen molar-refractivity contribution in [1.82, 2.24) is 0 Å². The molecule has 0 saturated carbocycles. The predicted molar refractivity (Wildman–Crippen MR) is 223 cm³/mol. The smallest absolute Gasteiger partial charge is 0.260 e. The molecule has 0 N–H and O–H groups in total. The van der Waals surface area contributed by atoms with Crippen molar-refractivity contribution in [3.8, 4) is 45.3 Å². The van der Waals surface area contributed by atoms with Gasteiger partial charge in [-0.1, -0.05) is 130 Å². The summed E-state index contributed by atoms with van der Waals surface area (Å²) in [5.41, 5.74) is 16.0. The molecule has 0 saturated heterocycles. The number of hydrogen-bond donors (Lipinski definition) is 0. The second-order valence-electron chi connectivity index (χ2n) is 15.6. The third-order valence-corrected chi connectivity index (χ3v) is 10.9. The lowest BCUT2D eigenvalue weighted by Crippen LogP contribution is -2.57. The fourth-order valence-electron chi connectivity index (χ4n) is 7.91. The molecule has 0 spiro atoms. The molecule has 258 valence electrons. The van der Waals surface area contributed by atoms with Crippen LogP contribution in [-0.2, 0) is 5.41 Å². The van der Waals surface area contributed by atoms with E-state index in [1.165, 1.54) is 22.3 Å². The maximum Gasteiger partial charge on any atom is 0.260 e. The molecule has 3 nitrogen and oxygen atoms in total. The van der Waals surface area contributed by atoms with Crippen LogP contribution in [0.5, 0.6) is 23.0 Å². The standard InChI is InChI=1S/C49H42BNO2/c1-31-17-18-32(2)42(25-31)51(43-28-38(49(4,5)6)22-19-33(43)3)39-29-46-48-47(30-39)53-45-27-37(35-15-11-8-12-16-35)21-24-41(45)50(48)40-23-20-36(26-44(40)52-46)34-13-9-7-10-14-34/h7-30H,1-6H3. The molecule has 7 aromatic carbocycles. The Bertz CT molecular complexity index is 2420. The topological polar surface area (TPSA) is 21.7 Å². The number of ether oxygens (including phenoxy) is 2. The van der Waals surface area contributed by atoms with Crippen LogP contribution in [0.15, 0.2) is 146 Å². The Morgan fingerprint density at radius 3 is 1.51 bits per heavy atom. The first-order chi connectivity index (χ1) is 25.6. The third kappa shape index (κ3) is 5.79. The molecule has 2 aliphatic heterocycles. The fraction of sp³-hybridized carbons (Fsp3) is 0.143. The summed E-state index contributed by atoms with van der Waals surface area (Å²) in [4.78, 5) is 2.40. The molecule has 0 aromatic heterocycles. The lowest BCUT2D eigenvalue weighted by atomic mass is 9.34. The third-order valence-electron chi connectivity index (χ3n) is 10.9. The van der Waals surface area contributed by atoms with E-state index in [1.54, 1.807) is 0 Å². The quantitative estimate of drug-likeness (QED) is 0.168. The molecule has 7 aromatic rings. The van der Waals surface area contributed by atoms with Crippen LogP contribution in [0.4, 0.5) is 17.1 Å². The van der Waals surface area contributed by atoms with E-state index in [0.29, 0.717) is 0 Å². The molecule has 0 aliphatic carbocycles. The molecular weight excluding hydrogens is 645 g/mol. The molecule has 53 heavy (non-hydrogen) atoms. The average Bonchev–Trinajstić information content (AvgIpc) is 3.16. The van der Waals surface area contributed by atoms with Crippen molar-refractivity contribution in [2.24, 2.45) is 0 Å². The Labute approximate surface area is 313 Å². The summed E-state index contributed by atoms with van der Waals surface area (Å²) in [5, 5.41) is 0. The van der Waals surface area contributed by atoms with Gasteiger partial charge in [-0.2, -0.15) is 0 Å². The lowest BCUT2D eigenvalue weighted by molar-refractivity contribution is 0.465. The number of benzene rings is 7. The molecule has 0 bridgehead atoms. The Kier molecular flexibility index (Phi) is 7.82. The van der Waals surface area contributed by atoms with Gasteiger partial charge in [0.1, 0.15) is 23.0 Å². The van der Waals surface area contributed by atoms with Gasteiger partial charge in [-0.15, -0.1) is 0 Å². The number of nitrogens with zero attached hydrogens (tertiary/aromatic N) is 1. The van der Waals surface area contributed by atoms with Crippen LogP contribution in [0, 0.1) is 20.8 Å². The zero-order valence-electron chi connectivity index (χ0n) is 31.2. The summed E-state index contributed by atoms with van der Waals surface area (Å²) < 4.78 is 14.0. The normalized spacial score (nSPS) is 12.6. The summed E-state index contributed by atoms with van der Waals surface area (Å²) in [6.07, 6.45) is 0. The Morgan fingerprint density at radius 2 is 0.981 bits per heavy atom. The number of rotatable bonds is 5. The average molecular weight is 688 g/mol. The highest BCUT2D eigenvalue weighted by Crippen LogP contribution is 2.46. The van der Waals surface area contributed by atoms with E-state index < -0.39 is 0 Å². The Hall–Kier alpha value is -6.00. The molecule has 0 amide bonds. The summed E-state index contributed by atoms with van der Waals surface area (Å²) in [7, 11) is 0. The van der Waals surface area contributed by atoms with Crippen molar-refractivity contribution in [1.29, 1.82) is 0 Å². The molecule has 0 radical (unpaired) electrons. The zero-order chi connectivity index (χ0) is 36.4. The van der Waals surface area contributed by atoms with Crippen LogP contribution < -0.4 is 30.8 Å². The molecule has 0 atom stereocenters. The van der Waals surface area contributed by atoms with Crippen molar-refractivity contribution in [2.75, 3.05) is 4.90 Å². The Balaban J connectivity index is 1.28. The molecule has 4 heteroatoms. The molecule has 2 heterocycles. The van der Waals surface area contributed by atoms with Gasteiger partial charge in [0.25, 0.3) is 6.71 Å². The van der Waals surface area contributed by atoms with Crippen LogP contribution in [0.3, 0.4) is 0 Å². The van der Waals surface area contributed by atoms with Crippen molar-refractivity contribution in [2.45, 2.75) is 47.0 Å². The first-order valence-corrected chi connectivity index (χ1v) is 18.5. The lowest BCUT2D eigenvalue weighted by Gasteiger charge is -2.36. The van der Waals surface area contributed by atoms with Gasteiger partial charge < -0.3 is 14.4 Å². The van der Waals surface area contributed by atoms with Gasteiger partial charge >= 0.3 is 0 Å². The van der Waals surface area contributed by atoms with Crippen molar-refractivity contribution in [3.63, 3.8) is 0 Å². The summed E-state index contributed by atoms with van der Waals surface area (Å²) >= 11 is 0. The largest absolute Gasteiger partial charge is 0.458 e. The minimum atomic E-state index is -0.0451. The fourth-order valence-corrected chi connectivity index (χ4v) is 7.91. The number of fused-ring (bicyclic) bond motifs is 4. The molecule has 0 fully saturated rings. The highest BCUT2D eigenvalue weighted by molar-refractivity contribution is 6.98. The van der Waals surface area contributed by atoms with E-state index in [0.717, 1.165) is 78.7 Å². The van der Waals surface area contributed by atoms with E-state index in [-0.39, 0.29) is 12.1 Å². The highest BCUT2D eigenvalue weighted by atomic mass is 16.5. The summed E-state index contributed by atoms with van der Waals surface area (Å²) in [6, 6.07) is 52.4. The maximum absolute atomic E-state index is 7.01. The van der Waals surface area contributed by atoms with E-state index in [9.17, 15) is 0 Å². The van der Waals surface area contributed by atoms with Crippen LogP contribution in [-0.4, -0.2) is 6.71 Å². The van der Waals surface area contributed by atoms with E-state index in [1.807, 2.05) is 0 Å². The van der Waals surface area contributed by atoms with Gasteiger partial charge in [0.05, 0.1) is 5.69 Å². The van der Waals surface area contributed by atoms with Gasteiger partial charge in [-0.25, -0.2) is 0 Å². The van der Waals surface area contributed by atoms with Crippen molar-refractivity contribution >= 4 is 40.2 Å². The molecule has 2 aliphatic rings. The van der Waals surface area contributed by atoms with Crippen molar-refractivity contribution in [3.05, 3.63) is 168 Å². The van der Waals surface area contributed by atoms with Gasteiger partial charge in [-0.05, 0) is 106 Å². The van der Waals surface area contributed by atoms with Crippen LogP contribution in [0.2, 0.25) is 0 Å². The molecular formula is C49H42BNO2. The number of hydrogen-bond acceptors (Lipinski definition) is 3. The number of aryl methyl sites for hydroxylation is 3.